The molecule has 0 radical (unpaired) electrons. The number of rotatable bonds is 5. The van der Waals surface area contributed by atoms with E-state index in [0.717, 1.165) is 44.3 Å². The van der Waals surface area contributed by atoms with Crippen LogP contribution in [0.15, 0.2) is 30.3 Å². The maximum absolute atomic E-state index is 12.5. The van der Waals surface area contributed by atoms with Gasteiger partial charge in [-0.25, -0.2) is 0 Å². The van der Waals surface area contributed by atoms with Gasteiger partial charge >= 0.3 is 0 Å². The van der Waals surface area contributed by atoms with Gasteiger partial charge in [0.2, 0.25) is 5.91 Å². The van der Waals surface area contributed by atoms with E-state index >= 15 is 0 Å². The molecule has 1 aromatic carbocycles. The van der Waals surface area contributed by atoms with Gasteiger partial charge in [-0.2, -0.15) is 0 Å². The predicted molar refractivity (Wildman–Crippen MR) is 78.1 cm³/mol. The molecular formula is C16H24N2O. The summed E-state index contributed by atoms with van der Waals surface area (Å²) in [6, 6.07) is 10.4. The van der Waals surface area contributed by atoms with Gasteiger partial charge in [-0.1, -0.05) is 43.7 Å². The average molecular weight is 260 g/mol. The number of piperidine rings is 1. The smallest absolute Gasteiger partial charge is 0.227 e. The normalized spacial score (nSPS) is 20.8. The van der Waals surface area contributed by atoms with E-state index in [4.69, 9.17) is 0 Å². The molecule has 1 aliphatic rings. The first-order valence-corrected chi connectivity index (χ1v) is 7.37. The number of carbonyl (C=O) groups is 1. The lowest BCUT2D eigenvalue weighted by atomic mass is 9.93. The Bertz CT molecular complexity index is 385. The maximum atomic E-state index is 12.5. The Morgan fingerprint density at radius 1 is 1.42 bits per heavy atom. The van der Waals surface area contributed by atoms with Crippen LogP contribution in [0.1, 0.15) is 44.1 Å². The molecule has 2 unspecified atom stereocenters. The van der Waals surface area contributed by atoms with Crippen molar-refractivity contribution in [1.82, 2.24) is 10.6 Å². The SMILES string of the molecule is CCCC(C(=O)NC1CCCNC1)c1ccccc1. The largest absolute Gasteiger partial charge is 0.352 e. The number of hydrogen-bond acceptors (Lipinski definition) is 2. The highest BCUT2D eigenvalue weighted by atomic mass is 16.1. The van der Waals surface area contributed by atoms with Crippen molar-refractivity contribution in [2.24, 2.45) is 0 Å². The first kappa shape index (κ1) is 14.1. The van der Waals surface area contributed by atoms with E-state index in [1.54, 1.807) is 0 Å². The highest BCUT2D eigenvalue weighted by Gasteiger charge is 2.23. The molecule has 19 heavy (non-hydrogen) atoms. The van der Waals surface area contributed by atoms with Gasteiger partial charge < -0.3 is 10.6 Å². The van der Waals surface area contributed by atoms with Crippen LogP contribution in [0, 0.1) is 0 Å². The second-order valence-corrected chi connectivity index (χ2v) is 5.30. The van der Waals surface area contributed by atoms with E-state index in [2.05, 4.69) is 29.7 Å². The second kappa shape index (κ2) is 7.29. The molecule has 1 fully saturated rings. The molecule has 3 nitrogen and oxygen atoms in total. The number of nitrogens with one attached hydrogen (secondary N) is 2. The van der Waals surface area contributed by atoms with Crippen molar-refractivity contribution >= 4 is 5.91 Å². The Morgan fingerprint density at radius 3 is 2.84 bits per heavy atom. The van der Waals surface area contributed by atoms with Gasteiger partial charge in [0.05, 0.1) is 5.92 Å². The molecule has 0 spiro atoms. The maximum Gasteiger partial charge on any atom is 0.227 e. The zero-order valence-electron chi connectivity index (χ0n) is 11.7. The quantitative estimate of drug-likeness (QED) is 0.854. The van der Waals surface area contributed by atoms with Gasteiger partial charge in [-0.3, -0.25) is 4.79 Å². The van der Waals surface area contributed by atoms with Crippen LogP contribution in [-0.4, -0.2) is 25.0 Å². The molecule has 0 saturated carbocycles. The van der Waals surface area contributed by atoms with Gasteiger partial charge in [0.25, 0.3) is 0 Å². The predicted octanol–water partition coefficient (Wildman–Crippen LogP) is 2.44. The number of amides is 1. The van der Waals surface area contributed by atoms with Crippen molar-refractivity contribution < 1.29 is 4.79 Å². The van der Waals surface area contributed by atoms with Crippen LogP contribution in [0.5, 0.6) is 0 Å². The van der Waals surface area contributed by atoms with E-state index in [0.29, 0.717) is 6.04 Å². The Labute approximate surface area is 115 Å². The lowest BCUT2D eigenvalue weighted by molar-refractivity contribution is -0.123. The summed E-state index contributed by atoms with van der Waals surface area (Å²) in [7, 11) is 0. The van der Waals surface area contributed by atoms with Gasteiger partial charge in [0.1, 0.15) is 0 Å². The van der Waals surface area contributed by atoms with E-state index < -0.39 is 0 Å². The minimum absolute atomic E-state index is 0.00636. The molecule has 0 aliphatic carbocycles. The monoisotopic (exact) mass is 260 g/mol. The number of benzene rings is 1. The van der Waals surface area contributed by atoms with Crippen LogP contribution in [0.2, 0.25) is 0 Å². The third-order valence-corrected chi connectivity index (χ3v) is 3.74. The highest BCUT2D eigenvalue weighted by Crippen LogP contribution is 2.21. The summed E-state index contributed by atoms with van der Waals surface area (Å²) >= 11 is 0. The summed E-state index contributed by atoms with van der Waals surface area (Å²) in [4.78, 5) is 12.5. The molecule has 1 aromatic rings. The summed E-state index contributed by atoms with van der Waals surface area (Å²) in [6.07, 6.45) is 4.17. The first-order chi connectivity index (χ1) is 9.31. The van der Waals surface area contributed by atoms with Crippen molar-refractivity contribution in [2.45, 2.75) is 44.6 Å². The molecule has 1 amide bonds. The molecule has 3 heteroatoms. The van der Waals surface area contributed by atoms with E-state index in [9.17, 15) is 4.79 Å². The topological polar surface area (TPSA) is 41.1 Å². The molecule has 1 heterocycles. The van der Waals surface area contributed by atoms with Crippen LogP contribution in [0.25, 0.3) is 0 Å². The van der Waals surface area contributed by atoms with E-state index in [1.165, 1.54) is 0 Å². The fourth-order valence-electron chi connectivity index (χ4n) is 2.70. The highest BCUT2D eigenvalue weighted by molar-refractivity contribution is 5.83. The van der Waals surface area contributed by atoms with Gasteiger partial charge in [-0.15, -0.1) is 0 Å². The third-order valence-electron chi connectivity index (χ3n) is 3.74. The molecule has 0 aromatic heterocycles. The Balaban J connectivity index is 1.99. The molecule has 1 saturated heterocycles. The minimum Gasteiger partial charge on any atom is -0.352 e. The summed E-state index contributed by atoms with van der Waals surface area (Å²) in [5, 5.41) is 6.54. The Kier molecular flexibility index (Phi) is 5.40. The molecule has 104 valence electrons. The zero-order chi connectivity index (χ0) is 13.5. The summed E-state index contributed by atoms with van der Waals surface area (Å²) < 4.78 is 0. The fourth-order valence-corrected chi connectivity index (χ4v) is 2.70. The lowest BCUT2D eigenvalue weighted by Gasteiger charge is -2.26. The molecule has 2 atom stereocenters. The molecule has 1 aliphatic heterocycles. The molecule has 0 bridgehead atoms. The van der Waals surface area contributed by atoms with Crippen LogP contribution in [0.3, 0.4) is 0 Å². The minimum atomic E-state index is -0.00636. The molecular weight excluding hydrogens is 236 g/mol. The third kappa shape index (κ3) is 4.06. The van der Waals surface area contributed by atoms with Crippen LogP contribution in [-0.2, 0) is 4.79 Å². The van der Waals surface area contributed by atoms with E-state index in [1.807, 2.05) is 18.2 Å². The van der Waals surface area contributed by atoms with E-state index in [-0.39, 0.29) is 11.8 Å². The fraction of sp³-hybridized carbons (Fsp3) is 0.562. The molecule has 2 rings (SSSR count). The Hall–Kier alpha value is -1.35. The zero-order valence-corrected chi connectivity index (χ0v) is 11.7. The average Bonchev–Trinajstić information content (AvgIpc) is 2.46. The van der Waals surface area contributed by atoms with Crippen molar-refractivity contribution in [3.05, 3.63) is 35.9 Å². The van der Waals surface area contributed by atoms with Crippen molar-refractivity contribution in [3.63, 3.8) is 0 Å². The summed E-state index contributed by atoms with van der Waals surface area (Å²) in [5.74, 6) is 0.176. The Morgan fingerprint density at radius 2 is 2.21 bits per heavy atom. The lowest BCUT2D eigenvalue weighted by Crippen LogP contribution is -2.47. The number of carbonyl (C=O) groups excluding carboxylic acids is 1. The number of hydrogen-bond donors (Lipinski definition) is 2. The first-order valence-electron chi connectivity index (χ1n) is 7.37. The summed E-state index contributed by atoms with van der Waals surface area (Å²) in [6.45, 7) is 4.11. The summed E-state index contributed by atoms with van der Waals surface area (Å²) in [5.41, 5.74) is 1.13. The van der Waals surface area contributed by atoms with Crippen LogP contribution in [0.4, 0.5) is 0 Å². The van der Waals surface area contributed by atoms with Crippen molar-refractivity contribution in [2.75, 3.05) is 13.1 Å². The van der Waals surface area contributed by atoms with Crippen molar-refractivity contribution in [3.8, 4) is 0 Å². The van der Waals surface area contributed by atoms with Gasteiger partial charge in [-0.05, 0) is 31.4 Å². The van der Waals surface area contributed by atoms with Crippen LogP contribution >= 0.6 is 0 Å². The standard InChI is InChI=1S/C16H24N2O/c1-2-7-15(13-8-4-3-5-9-13)16(19)18-14-10-6-11-17-12-14/h3-5,8-9,14-15,17H,2,6-7,10-12H2,1H3,(H,18,19). The van der Waals surface area contributed by atoms with Crippen molar-refractivity contribution in [1.29, 1.82) is 0 Å². The van der Waals surface area contributed by atoms with Crippen LogP contribution < -0.4 is 10.6 Å². The second-order valence-electron chi connectivity index (χ2n) is 5.30. The van der Waals surface area contributed by atoms with Gasteiger partial charge in [0.15, 0.2) is 0 Å². The van der Waals surface area contributed by atoms with Gasteiger partial charge in [0, 0.05) is 12.6 Å². The molecule has 2 N–H and O–H groups in total.